The monoisotopic (exact) mass is 296 g/mol. The topological polar surface area (TPSA) is 72.2 Å². The molecule has 5 nitrogen and oxygen atoms in total. The van der Waals surface area contributed by atoms with Gasteiger partial charge >= 0.3 is 0 Å². The Morgan fingerprint density at radius 3 is 2.75 bits per heavy atom. The van der Waals surface area contributed by atoms with Crippen LogP contribution in [0.5, 0.6) is 0 Å². The second kappa shape index (κ2) is 6.22. The molecule has 0 bridgehead atoms. The first-order valence-corrected chi connectivity index (χ1v) is 7.13. The Kier molecular flexibility index (Phi) is 4.60. The Labute approximate surface area is 122 Å². The van der Waals surface area contributed by atoms with Gasteiger partial charge in [-0.25, -0.2) is 0 Å². The maximum absolute atomic E-state index is 12.2. The smallest absolute Gasteiger partial charge is 0.270 e. The van der Waals surface area contributed by atoms with Crippen molar-refractivity contribution in [3.63, 3.8) is 0 Å². The minimum absolute atomic E-state index is 0.109. The zero-order valence-electron chi connectivity index (χ0n) is 11.3. The highest BCUT2D eigenvalue weighted by atomic mass is 35.5. The second-order valence-corrected chi connectivity index (χ2v) is 5.59. The van der Waals surface area contributed by atoms with Crippen molar-refractivity contribution in [2.75, 3.05) is 0 Å². The van der Waals surface area contributed by atoms with E-state index in [1.807, 2.05) is 6.92 Å². The number of rotatable bonds is 6. The van der Waals surface area contributed by atoms with Gasteiger partial charge in [-0.15, -0.1) is 0 Å². The first-order chi connectivity index (χ1) is 9.51. The van der Waals surface area contributed by atoms with E-state index in [1.165, 1.54) is 31.0 Å². The van der Waals surface area contributed by atoms with Crippen molar-refractivity contribution in [1.29, 1.82) is 0 Å². The number of hydrogen-bond acceptors (Lipinski definition) is 3. The van der Waals surface area contributed by atoms with Crippen LogP contribution in [0.1, 0.15) is 43.0 Å². The summed E-state index contributed by atoms with van der Waals surface area (Å²) in [5.74, 6) is 0.463. The van der Waals surface area contributed by atoms with E-state index >= 15 is 0 Å². The lowest BCUT2D eigenvalue weighted by Gasteiger charge is -2.17. The van der Waals surface area contributed by atoms with Crippen LogP contribution in [0.2, 0.25) is 5.02 Å². The summed E-state index contributed by atoms with van der Waals surface area (Å²) in [6.45, 7) is 2.03. The normalized spacial score (nSPS) is 15.7. The molecular formula is C14H17ClN2O3. The predicted molar refractivity (Wildman–Crippen MR) is 77.0 cm³/mol. The molecule has 20 heavy (non-hydrogen) atoms. The van der Waals surface area contributed by atoms with E-state index in [0.29, 0.717) is 0 Å². The molecule has 1 N–H and O–H groups in total. The van der Waals surface area contributed by atoms with Crippen LogP contribution >= 0.6 is 11.6 Å². The summed E-state index contributed by atoms with van der Waals surface area (Å²) in [4.78, 5) is 22.3. The van der Waals surface area contributed by atoms with Crippen LogP contribution < -0.4 is 5.32 Å². The number of nitrogens with one attached hydrogen (secondary N) is 1. The Balaban J connectivity index is 2.05. The average molecular weight is 297 g/mol. The van der Waals surface area contributed by atoms with Gasteiger partial charge in [-0.05, 0) is 24.8 Å². The van der Waals surface area contributed by atoms with Gasteiger partial charge in [-0.2, -0.15) is 0 Å². The van der Waals surface area contributed by atoms with E-state index in [-0.39, 0.29) is 28.2 Å². The van der Waals surface area contributed by atoms with E-state index in [2.05, 4.69) is 5.32 Å². The van der Waals surface area contributed by atoms with Crippen LogP contribution in [-0.2, 0) is 0 Å². The summed E-state index contributed by atoms with van der Waals surface area (Å²) in [7, 11) is 0. The van der Waals surface area contributed by atoms with Gasteiger partial charge in [0.1, 0.15) is 0 Å². The lowest BCUT2D eigenvalue weighted by atomic mass is 10.1. The zero-order chi connectivity index (χ0) is 14.7. The molecule has 1 saturated carbocycles. The van der Waals surface area contributed by atoms with Crippen molar-refractivity contribution in [3.05, 3.63) is 38.9 Å². The summed E-state index contributed by atoms with van der Waals surface area (Å²) in [5, 5.41) is 13.7. The molecule has 1 atom stereocenters. The third kappa shape index (κ3) is 3.70. The fourth-order valence-electron chi connectivity index (χ4n) is 2.15. The molecule has 1 aromatic carbocycles. The summed E-state index contributed by atoms with van der Waals surface area (Å²) >= 11 is 5.95. The van der Waals surface area contributed by atoms with Gasteiger partial charge in [0.25, 0.3) is 11.6 Å². The molecule has 1 aromatic rings. The van der Waals surface area contributed by atoms with E-state index in [0.717, 1.165) is 18.8 Å². The highest BCUT2D eigenvalue weighted by Crippen LogP contribution is 2.34. The SMILES string of the molecule is CCC(CC1CC1)NC(=O)c1ccc([N+](=O)[O-])cc1Cl. The number of amides is 1. The standard InChI is InChI=1S/C14H17ClN2O3/c1-2-10(7-9-3-4-9)16-14(18)12-6-5-11(17(19)20)8-13(12)15/h5-6,8-10H,2-4,7H2,1H3,(H,16,18). The number of nitro benzene ring substituents is 1. The molecule has 0 heterocycles. The second-order valence-electron chi connectivity index (χ2n) is 5.18. The third-order valence-electron chi connectivity index (χ3n) is 3.55. The number of hydrogen-bond donors (Lipinski definition) is 1. The molecule has 0 radical (unpaired) electrons. The Morgan fingerprint density at radius 1 is 1.55 bits per heavy atom. The molecule has 6 heteroatoms. The molecule has 108 valence electrons. The molecule has 0 aliphatic heterocycles. The van der Waals surface area contributed by atoms with Gasteiger partial charge in [-0.1, -0.05) is 31.4 Å². The molecular weight excluding hydrogens is 280 g/mol. The summed E-state index contributed by atoms with van der Waals surface area (Å²) in [6.07, 6.45) is 4.34. The number of benzene rings is 1. The molecule has 0 spiro atoms. The Morgan fingerprint density at radius 2 is 2.25 bits per heavy atom. The molecule has 2 rings (SSSR count). The Hall–Kier alpha value is -1.62. The van der Waals surface area contributed by atoms with E-state index in [9.17, 15) is 14.9 Å². The van der Waals surface area contributed by atoms with E-state index in [4.69, 9.17) is 11.6 Å². The van der Waals surface area contributed by atoms with Gasteiger partial charge in [0, 0.05) is 18.2 Å². The van der Waals surface area contributed by atoms with Crippen molar-refractivity contribution in [2.45, 2.75) is 38.6 Å². The summed E-state index contributed by atoms with van der Waals surface area (Å²) < 4.78 is 0. The minimum Gasteiger partial charge on any atom is -0.349 e. The zero-order valence-corrected chi connectivity index (χ0v) is 12.0. The number of halogens is 1. The maximum Gasteiger partial charge on any atom is 0.270 e. The number of carbonyl (C=O) groups is 1. The van der Waals surface area contributed by atoms with Gasteiger partial charge in [0.05, 0.1) is 15.5 Å². The molecule has 1 unspecified atom stereocenters. The first-order valence-electron chi connectivity index (χ1n) is 6.76. The molecule has 0 aromatic heterocycles. The van der Waals surface area contributed by atoms with Crippen molar-refractivity contribution in [1.82, 2.24) is 5.32 Å². The fraction of sp³-hybridized carbons (Fsp3) is 0.500. The lowest BCUT2D eigenvalue weighted by molar-refractivity contribution is -0.384. The van der Waals surface area contributed by atoms with Crippen LogP contribution in [0.3, 0.4) is 0 Å². The van der Waals surface area contributed by atoms with Crippen LogP contribution in [0, 0.1) is 16.0 Å². The maximum atomic E-state index is 12.2. The predicted octanol–water partition coefficient (Wildman–Crippen LogP) is 3.56. The number of nitro groups is 1. The summed E-state index contributed by atoms with van der Waals surface area (Å²) in [6, 6.07) is 4.04. The largest absolute Gasteiger partial charge is 0.349 e. The van der Waals surface area contributed by atoms with Crippen LogP contribution in [0.4, 0.5) is 5.69 Å². The minimum atomic E-state index is -0.532. The van der Waals surface area contributed by atoms with E-state index < -0.39 is 4.92 Å². The van der Waals surface area contributed by atoms with Crippen LogP contribution in [0.25, 0.3) is 0 Å². The van der Waals surface area contributed by atoms with Crippen molar-refractivity contribution in [2.24, 2.45) is 5.92 Å². The molecule has 1 aliphatic carbocycles. The first kappa shape index (κ1) is 14.8. The number of nitrogens with zero attached hydrogens (tertiary/aromatic N) is 1. The summed E-state index contributed by atoms with van der Waals surface area (Å²) in [5.41, 5.74) is 0.170. The van der Waals surface area contributed by atoms with Crippen LogP contribution in [-0.4, -0.2) is 16.9 Å². The van der Waals surface area contributed by atoms with Gasteiger partial charge in [0.2, 0.25) is 0 Å². The van der Waals surface area contributed by atoms with Crippen molar-refractivity contribution < 1.29 is 9.72 Å². The van der Waals surface area contributed by atoms with E-state index in [1.54, 1.807) is 0 Å². The molecule has 1 aliphatic rings. The van der Waals surface area contributed by atoms with Crippen LogP contribution in [0.15, 0.2) is 18.2 Å². The number of carbonyl (C=O) groups excluding carboxylic acids is 1. The van der Waals surface area contributed by atoms with Crippen molar-refractivity contribution in [3.8, 4) is 0 Å². The van der Waals surface area contributed by atoms with Gasteiger partial charge < -0.3 is 5.32 Å². The van der Waals surface area contributed by atoms with Gasteiger partial charge in [0.15, 0.2) is 0 Å². The molecule has 1 amide bonds. The molecule has 1 fully saturated rings. The third-order valence-corrected chi connectivity index (χ3v) is 3.86. The lowest BCUT2D eigenvalue weighted by Crippen LogP contribution is -2.34. The highest BCUT2D eigenvalue weighted by molar-refractivity contribution is 6.34. The molecule has 0 saturated heterocycles. The fourth-order valence-corrected chi connectivity index (χ4v) is 2.41. The number of non-ortho nitro benzene ring substituents is 1. The Bertz CT molecular complexity index is 529. The van der Waals surface area contributed by atoms with Gasteiger partial charge in [-0.3, -0.25) is 14.9 Å². The highest BCUT2D eigenvalue weighted by Gasteiger charge is 2.26. The average Bonchev–Trinajstić information content (AvgIpc) is 3.21. The van der Waals surface area contributed by atoms with Crippen molar-refractivity contribution >= 4 is 23.2 Å². The quantitative estimate of drug-likeness (QED) is 0.644.